The molecule has 4 aliphatic rings. The standard InChI is InChI=1S/C39H49N5O4S/c1-24-22-30-35-33(32(24)34(37(45)46)48-39(2,3)4)26-11-12-31-28(23-26)25(16-21-47-31)10-8-6-7-9-18-43(5)27-14-19-44(20-15-27)38-40-17-13-29(42-38)36(41-30)49-35/h11-13,17,22-23,25,27,34H,6-10,14-16,18-21H2,1-5H3,(H,45,46)/t25?,34-/m0/s1. The molecule has 1 saturated heterocycles. The molecule has 8 bridgehead atoms. The van der Waals surface area contributed by atoms with Gasteiger partial charge in [0.15, 0.2) is 6.10 Å². The predicted octanol–water partition coefficient (Wildman–Crippen LogP) is 8.40. The lowest BCUT2D eigenvalue weighted by molar-refractivity contribution is -0.160. The maximum atomic E-state index is 13.0. The minimum Gasteiger partial charge on any atom is -0.493 e. The topological polar surface area (TPSA) is 101 Å². The highest BCUT2D eigenvalue weighted by Gasteiger charge is 2.33. The molecule has 260 valence electrons. The largest absolute Gasteiger partial charge is 0.493 e. The number of carboxylic acid groups (broad SMARTS) is 1. The Hall–Kier alpha value is -3.60. The molecule has 0 saturated carbocycles. The van der Waals surface area contributed by atoms with Gasteiger partial charge in [-0.3, -0.25) is 0 Å². The molecule has 2 aromatic heterocycles. The van der Waals surface area contributed by atoms with Gasteiger partial charge < -0.3 is 24.4 Å². The van der Waals surface area contributed by atoms with Crippen LogP contribution in [0.1, 0.15) is 101 Å². The monoisotopic (exact) mass is 683 g/mol. The van der Waals surface area contributed by atoms with E-state index in [0.717, 1.165) is 101 Å². The number of benzene rings is 2. The first-order valence-corrected chi connectivity index (χ1v) is 18.8. The van der Waals surface area contributed by atoms with Gasteiger partial charge in [-0.1, -0.05) is 25.3 Å². The molecule has 0 amide bonds. The molecule has 6 heterocycles. The van der Waals surface area contributed by atoms with Crippen LogP contribution in [-0.2, 0) is 9.53 Å². The van der Waals surface area contributed by atoms with E-state index < -0.39 is 17.7 Å². The van der Waals surface area contributed by atoms with Crippen LogP contribution in [-0.4, -0.2) is 75.9 Å². The Balaban J connectivity index is 1.40. The van der Waals surface area contributed by atoms with Crippen LogP contribution >= 0.6 is 11.3 Å². The van der Waals surface area contributed by atoms with Crippen LogP contribution in [0.25, 0.3) is 32.0 Å². The summed E-state index contributed by atoms with van der Waals surface area (Å²) < 4.78 is 13.4. The van der Waals surface area contributed by atoms with E-state index in [-0.39, 0.29) is 0 Å². The van der Waals surface area contributed by atoms with Gasteiger partial charge in [0.05, 0.1) is 22.4 Å². The van der Waals surface area contributed by atoms with Crippen molar-refractivity contribution in [3.05, 3.63) is 53.2 Å². The van der Waals surface area contributed by atoms with Crippen LogP contribution in [0.5, 0.6) is 5.75 Å². The summed E-state index contributed by atoms with van der Waals surface area (Å²) in [4.78, 5) is 32.7. The Morgan fingerprint density at radius 3 is 2.59 bits per heavy atom. The first kappa shape index (κ1) is 33.9. The number of aliphatic carboxylic acids is 1. The highest BCUT2D eigenvalue weighted by Crippen LogP contribution is 2.47. The number of carboxylic acids is 1. The van der Waals surface area contributed by atoms with Crippen molar-refractivity contribution in [2.75, 3.05) is 38.2 Å². The summed E-state index contributed by atoms with van der Waals surface area (Å²) in [5, 5.41) is 11.4. The number of aromatic nitrogens is 3. The molecule has 4 aromatic rings. The van der Waals surface area contributed by atoms with Crippen molar-refractivity contribution in [1.82, 2.24) is 19.9 Å². The van der Waals surface area contributed by atoms with Crippen molar-refractivity contribution < 1.29 is 19.4 Å². The lowest BCUT2D eigenvalue weighted by Gasteiger charge is -2.36. The van der Waals surface area contributed by atoms with Crippen molar-refractivity contribution in [3.63, 3.8) is 0 Å². The average Bonchev–Trinajstić information content (AvgIpc) is 3.51. The van der Waals surface area contributed by atoms with Gasteiger partial charge in [0, 0.05) is 36.5 Å². The van der Waals surface area contributed by atoms with E-state index in [1.165, 1.54) is 31.2 Å². The molecule has 0 radical (unpaired) electrons. The molecule has 49 heavy (non-hydrogen) atoms. The fraction of sp³-hybridized carbons (Fsp3) is 0.538. The fourth-order valence-corrected chi connectivity index (χ4v) is 8.96. The van der Waals surface area contributed by atoms with Crippen molar-refractivity contribution in [1.29, 1.82) is 0 Å². The summed E-state index contributed by atoms with van der Waals surface area (Å²) in [5.41, 5.74) is 5.48. The molecule has 9 nitrogen and oxygen atoms in total. The molecule has 0 spiro atoms. The van der Waals surface area contributed by atoms with Crippen LogP contribution in [0.4, 0.5) is 5.95 Å². The number of rotatable bonds is 3. The first-order chi connectivity index (χ1) is 23.6. The zero-order chi connectivity index (χ0) is 34.3. The molecule has 10 heteroatoms. The number of piperidine rings is 1. The fourth-order valence-electron chi connectivity index (χ4n) is 7.87. The van der Waals surface area contributed by atoms with Crippen LogP contribution in [0.3, 0.4) is 0 Å². The quantitative estimate of drug-likeness (QED) is 0.228. The normalized spacial score (nSPS) is 21.2. The summed E-state index contributed by atoms with van der Waals surface area (Å²) in [6.07, 6.45) is 9.86. The Labute approximate surface area is 293 Å². The van der Waals surface area contributed by atoms with Crippen LogP contribution in [0.15, 0.2) is 36.5 Å². The first-order valence-electron chi connectivity index (χ1n) is 18.0. The predicted molar refractivity (Wildman–Crippen MR) is 196 cm³/mol. The molecule has 2 aromatic carbocycles. The molecule has 1 N–H and O–H groups in total. The third-order valence-corrected chi connectivity index (χ3v) is 11.5. The van der Waals surface area contributed by atoms with Crippen LogP contribution in [0, 0.1) is 6.92 Å². The number of ether oxygens (including phenoxy) is 2. The molecule has 1 unspecified atom stereocenters. The molecule has 0 aliphatic carbocycles. The van der Waals surface area contributed by atoms with Gasteiger partial charge in [0.25, 0.3) is 0 Å². The summed E-state index contributed by atoms with van der Waals surface area (Å²) in [6.45, 7) is 11.4. The molecule has 8 rings (SSSR count). The minimum absolute atomic E-state index is 0.399. The van der Waals surface area contributed by atoms with Gasteiger partial charge >= 0.3 is 5.97 Å². The van der Waals surface area contributed by atoms with Gasteiger partial charge in [-0.15, -0.1) is 11.3 Å². The van der Waals surface area contributed by atoms with E-state index in [1.54, 1.807) is 11.3 Å². The third-order valence-electron chi connectivity index (χ3n) is 10.4. The summed E-state index contributed by atoms with van der Waals surface area (Å²) in [5.74, 6) is 1.06. The molecule has 4 aliphatic heterocycles. The van der Waals surface area contributed by atoms with E-state index in [9.17, 15) is 9.90 Å². The number of fused-ring (bicyclic) bond motifs is 8. The van der Waals surface area contributed by atoms with Gasteiger partial charge in [-0.25, -0.2) is 19.7 Å². The number of hydrogen-bond acceptors (Lipinski definition) is 9. The minimum atomic E-state index is -1.15. The lowest BCUT2D eigenvalue weighted by Crippen LogP contribution is -2.44. The second-order valence-electron chi connectivity index (χ2n) is 15.0. The average molecular weight is 684 g/mol. The highest BCUT2D eigenvalue weighted by molar-refractivity contribution is 7.22. The maximum absolute atomic E-state index is 13.0. The Morgan fingerprint density at radius 2 is 1.82 bits per heavy atom. The van der Waals surface area contributed by atoms with Crippen molar-refractivity contribution in [2.45, 2.75) is 103 Å². The zero-order valence-electron chi connectivity index (χ0n) is 29.5. The van der Waals surface area contributed by atoms with Crippen LogP contribution < -0.4 is 9.64 Å². The number of hydrogen-bond donors (Lipinski definition) is 1. The number of nitrogens with zero attached hydrogens (tertiary/aromatic N) is 5. The molecular weight excluding hydrogens is 635 g/mol. The van der Waals surface area contributed by atoms with Gasteiger partial charge in [0.1, 0.15) is 16.5 Å². The number of anilines is 1. The van der Waals surface area contributed by atoms with Crippen molar-refractivity contribution in [2.24, 2.45) is 0 Å². The summed E-state index contributed by atoms with van der Waals surface area (Å²) in [6, 6.07) is 10.9. The van der Waals surface area contributed by atoms with E-state index >= 15 is 0 Å². The molecular formula is C39H49N5O4S. The third kappa shape index (κ3) is 7.19. The van der Waals surface area contributed by atoms with Crippen molar-refractivity contribution >= 4 is 33.5 Å². The Morgan fingerprint density at radius 1 is 1.02 bits per heavy atom. The summed E-state index contributed by atoms with van der Waals surface area (Å²) >= 11 is 1.56. The van der Waals surface area contributed by atoms with Crippen molar-refractivity contribution in [3.8, 4) is 27.6 Å². The second-order valence-corrected chi connectivity index (χ2v) is 16.0. The highest BCUT2D eigenvalue weighted by atomic mass is 32.1. The SMILES string of the molecule is Cc1cc2nc3sc2c(c1[C@H](OC(C)(C)C)C(=O)O)-c1ccc2c(c1)C(CCCCCCN(C)C1CCN(CC1)c1nccc-3n1)CCO2. The maximum Gasteiger partial charge on any atom is 0.337 e. The number of thiazole rings is 1. The lowest BCUT2D eigenvalue weighted by atomic mass is 9.85. The second kappa shape index (κ2) is 14.0. The van der Waals surface area contributed by atoms with Crippen LogP contribution in [0.2, 0.25) is 0 Å². The van der Waals surface area contributed by atoms with E-state index in [4.69, 9.17) is 19.4 Å². The van der Waals surface area contributed by atoms with Gasteiger partial charge in [-0.05, 0) is 120 Å². The molecule has 2 atom stereocenters. The summed E-state index contributed by atoms with van der Waals surface area (Å²) in [7, 11) is 2.29. The number of carbonyl (C=O) groups is 1. The Bertz CT molecular complexity index is 1830. The van der Waals surface area contributed by atoms with E-state index in [1.807, 2.05) is 46.0 Å². The van der Waals surface area contributed by atoms with Gasteiger partial charge in [-0.2, -0.15) is 0 Å². The molecule has 1 fully saturated rings. The Kier molecular flexibility index (Phi) is 9.65. The smallest absolute Gasteiger partial charge is 0.337 e. The van der Waals surface area contributed by atoms with Gasteiger partial charge in [0.2, 0.25) is 5.95 Å². The van der Waals surface area contributed by atoms with E-state index in [2.05, 4.69) is 40.0 Å². The zero-order valence-corrected chi connectivity index (χ0v) is 30.3. The number of aryl methyl sites for hydroxylation is 1. The van der Waals surface area contributed by atoms with E-state index in [0.29, 0.717) is 17.5 Å².